The van der Waals surface area contributed by atoms with Crippen molar-refractivity contribution in [2.75, 3.05) is 24.2 Å². The maximum absolute atomic E-state index is 12.8. The molecule has 3 heterocycles. The lowest BCUT2D eigenvalue weighted by atomic mass is 9.81. The summed E-state index contributed by atoms with van der Waals surface area (Å²) >= 11 is 0. The second-order valence-corrected chi connectivity index (χ2v) is 19.5. The molecule has 0 radical (unpaired) electrons. The van der Waals surface area contributed by atoms with Gasteiger partial charge in [-0.15, -0.1) is 4.73 Å². The van der Waals surface area contributed by atoms with E-state index in [-0.39, 0.29) is 16.2 Å². The standard InChI is InChI=1S/C38H44N4O13S3/c1-37(2)27-22-25(57(49,50)51)15-17-29(27)40(21-11-7-10-14-36(46)55-42-34(44)19-20-35(42)45)31(37)12-8-6-9-13-32-38(3,4)28-23-26(58(52,53)54)16-18-30(28)41(32)24-33(43)39-56(5,47)48/h6,8-9,12-13,15-20,22-23H,7,10-11,14,21,24H2,1-5H3,(H4-,39,43,44,45,49,50,51,52,53,54)/p+1. The summed E-state index contributed by atoms with van der Waals surface area (Å²) in [4.78, 5) is 31.5. The topological polar surface area (TPSA) is 250 Å². The SMILES string of the molecule is CC1(C)C(=CC=CC=CC2=[N+](CC(=O)NS(C)(=O)=O)c3ccc(S(=O)(=O)O)cc3C2(C)C)N(CCCCCC(=O)On2c(O)ccc2O)c2ccc(S(=O)(=O)O)cc21. The first-order chi connectivity index (χ1) is 26.8. The van der Waals surface area contributed by atoms with Crippen molar-refractivity contribution in [2.24, 2.45) is 0 Å². The molecule has 2 aromatic carbocycles. The van der Waals surface area contributed by atoms with Gasteiger partial charge in [-0.1, -0.05) is 38.5 Å². The van der Waals surface area contributed by atoms with Crippen LogP contribution in [0.1, 0.15) is 64.5 Å². The molecule has 3 aromatic rings. The van der Waals surface area contributed by atoms with E-state index in [4.69, 9.17) is 4.84 Å². The van der Waals surface area contributed by atoms with Crippen molar-refractivity contribution in [3.63, 3.8) is 0 Å². The van der Waals surface area contributed by atoms with E-state index in [0.717, 1.165) is 17.6 Å². The van der Waals surface area contributed by atoms with E-state index in [1.165, 1.54) is 42.5 Å². The highest BCUT2D eigenvalue weighted by Crippen LogP contribution is 2.48. The van der Waals surface area contributed by atoms with Crippen LogP contribution in [-0.2, 0) is 50.7 Å². The maximum atomic E-state index is 12.8. The van der Waals surface area contributed by atoms with Gasteiger partial charge in [0.05, 0.1) is 21.5 Å². The highest BCUT2D eigenvalue weighted by molar-refractivity contribution is 7.89. The van der Waals surface area contributed by atoms with Gasteiger partial charge >= 0.3 is 5.97 Å². The third-order valence-electron chi connectivity index (χ3n) is 9.91. The van der Waals surface area contributed by atoms with Crippen molar-refractivity contribution in [3.8, 4) is 11.8 Å². The van der Waals surface area contributed by atoms with Gasteiger partial charge in [-0.2, -0.15) is 21.4 Å². The predicted molar refractivity (Wildman–Crippen MR) is 213 cm³/mol. The van der Waals surface area contributed by atoms with Crippen molar-refractivity contribution in [2.45, 2.75) is 74.0 Å². The van der Waals surface area contributed by atoms with E-state index in [1.54, 1.807) is 48.8 Å². The number of carbonyl (C=O) groups is 2. The Labute approximate surface area is 336 Å². The zero-order chi connectivity index (χ0) is 43.0. The number of benzene rings is 2. The number of fused-ring (bicyclic) bond motifs is 2. The molecule has 0 unspecified atom stereocenters. The number of rotatable bonds is 15. The monoisotopic (exact) mass is 861 g/mol. The number of allylic oxidation sites excluding steroid dienone is 6. The van der Waals surface area contributed by atoms with E-state index >= 15 is 0 Å². The summed E-state index contributed by atoms with van der Waals surface area (Å²) in [5, 5.41) is 19.4. The quantitative estimate of drug-likeness (QED) is 0.0631. The van der Waals surface area contributed by atoms with Crippen LogP contribution in [-0.4, -0.2) is 90.8 Å². The molecule has 312 valence electrons. The van der Waals surface area contributed by atoms with Crippen molar-refractivity contribution < 1.29 is 63.6 Å². The molecule has 0 spiro atoms. The molecule has 0 bridgehead atoms. The Kier molecular flexibility index (Phi) is 12.2. The van der Waals surface area contributed by atoms with Crippen LogP contribution in [0.3, 0.4) is 0 Å². The van der Waals surface area contributed by atoms with Crippen LogP contribution < -0.4 is 14.5 Å². The molecule has 0 atom stereocenters. The lowest BCUT2D eigenvalue weighted by Gasteiger charge is -2.27. The highest BCUT2D eigenvalue weighted by atomic mass is 32.2. The largest absolute Gasteiger partial charge is 0.492 e. The Morgan fingerprint density at radius 2 is 1.40 bits per heavy atom. The summed E-state index contributed by atoms with van der Waals surface area (Å²) in [6, 6.07) is 10.7. The van der Waals surface area contributed by atoms with Gasteiger partial charge in [-0.05, 0) is 68.7 Å². The number of sulfonamides is 1. The molecule has 0 aliphatic carbocycles. The maximum Gasteiger partial charge on any atom is 0.333 e. The fourth-order valence-corrected chi connectivity index (χ4v) is 8.63. The summed E-state index contributed by atoms with van der Waals surface area (Å²) in [5.41, 5.74) is 1.94. The number of amides is 1. The third-order valence-corrected chi connectivity index (χ3v) is 12.2. The number of hydrogen-bond acceptors (Lipinski definition) is 12. The van der Waals surface area contributed by atoms with Crippen LogP contribution in [0.25, 0.3) is 0 Å². The smallest absolute Gasteiger partial charge is 0.333 e. The molecule has 5 rings (SSSR count). The van der Waals surface area contributed by atoms with E-state index in [9.17, 15) is 54.2 Å². The first-order valence-electron chi connectivity index (χ1n) is 17.9. The second kappa shape index (κ2) is 16.2. The van der Waals surface area contributed by atoms with Crippen molar-refractivity contribution in [3.05, 3.63) is 95.7 Å². The van der Waals surface area contributed by atoms with Gasteiger partial charge < -0.3 is 20.0 Å². The average molecular weight is 862 g/mol. The molecule has 5 N–H and O–H groups in total. The number of carbonyl (C=O) groups excluding carboxylic acids is 2. The first kappa shape index (κ1) is 43.8. The Bertz CT molecular complexity index is 2600. The molecule has 2 aliphatic rings. The molecule has 0 saturated carbocycles. The fourth-order valence-electron chi connectivity index (χ4n) is 7.14. The summed E-state index contributed by atoms with van der Waals surface area (Å²) in [6.07, 6.45) is 11.2. The highest BCUT2D eigenvalue weighted by Gasteiger charge is 2.46. The zero-order valence-electron chi connectivity index (χ0n) is 32.3. The Morgan fingerprint density at radius 3 is 2.00 bits per heavy atom. The van der Waals surface area contributed by atoms with Crippen molar-refractivity contribution in [1.82, 2.24) is 9.45 Å². The van der Waals surface area contributed by atoms with E-state index in [1.807, 2.05) is 29.5 Å². The van der Waals surface area contributed by atoms with Gasteiger partial charge in [0.2, 0.25) is 34.0 Å². The molecule has 17 nitrogen and oxygen atoms in total. The molecular formula is C38H45N4O13S3+. The van der Waals surface area contributed by atoms with Crippen LogP contribution in [0, 0.1) is 0 Å². The van der Waals surface area contributed by atoms with Crippen LogP contribution >= 0.6 is 0 Å². The molecular weight excluding hydrogens is 817 g/mol. The molecule has 2 aliphatic heterocycles. The van der Waals surface area contributed by atoms with Gasteiger partial charge in [0.1, 0.15) is 0 Å². The Morgan fingerprint density at radius 1 is 0.793 bits per heavy atom. The van der Waals surface area contributed by atoms with E-state index in [0.29, 0.717) is 53.1 Å². The normalized spacial score (nSPS) is 17.0. The summed E-state index contributed by atoms with van der Waals surface area (Å²) < 4.78 is 95.3. The van der Waals surface area contributed by atoms with Crippen molar-refractivity contribution in [1.29, 1.82) is 0 Å². The summed E-state index contributed by atoms with van der Waals surface area (Å²) in [6.45, 7) is 7.44. The van der Waals surface area contributed by atoms with Crippen LogP contribution in [0.15, 0.2) is 94.4 Å². The number of nitrogens with zero attached hydrogens (tertiary/aromatic N) is 3. The van der Waals surface area contributed by atoms with Crippen LogP contribution in [0.2, 0.25) is 0 Å². The number of hydrogen-bond donors (Lipinski definition) is 5. The van der Waals surface area contributed by atoms with Gasteiger partial charge in [0.25, 0.3) is 26.1 Å². The zero-order valence-corrected chi connectivity index (χ0v) is 34.7. The van der Waals surface area contributed by atoms with E-state index in [2.05, 4.69) is 0 Å². The van der Waals surface area contributed by atoms with Gasteiger partial charge in [0.15, 0.2) is 5.71 Å². The number of nitrogens with one attached hydrogen (secondary N) is 1. The molecule has 58 heavy (non-hydrogen) atoms. The summed E-state index contributed by atoms with van der Waals surface area (Å²) in [7, 11) is -12.9. The molecule has 0 saturated heterocycles. The first-order valence-corrected chi connectivity index (χ1v) is 22.6. The molecule has 1 aromatic heterocycles. The lowest BCUT2D eigenvalue weighted by molar-refractivity contribution is -0.425. The third kappa shape index (κ3) is 9.53. The van der Waals surface area contributed by atoms with Crippen LogP contribution in [0.4, 0.5) is 11.4 Å². The van der Waals surface area contributed by atoms with Gasteiger partial charge in [-0.25, -0.2) is 17.9 Å². The number of aromatic hydroxyl groups is 2. The van der Waals surface area contributed by atoms with Crippen LogP contribution in [0.5, 0.6) is 11.8 Å². The minimum atomic E-state index is -4.56. The molecule has 20 heteroatoms. The minimum absolute atomic E-state index is 0.0109. The fraction of sp³-hybridized carbons (Fsp3) is 0.342. The Hall–Kier alpha value is -5.28. The summed E-state index contributed by atoms with van der Waals surface area (Å²) in [5.74, 6) is -2.33. The Balaban J connectivity index is 1.41. The number of anilines is 1. The number of aromatic nitrogens is 1. The molecule has 0 fully saturated rings. The van der Waals surface area contributed by atoms with Crippen molar-refractivity contribution >= 4 is 59.2 Å². The van der Waals surface area contributed by atoms with E-state index < -0.39 is 71.3 Å². The predicted octanol–water partition coefficient (Wildman–Crippen LogP) is 3.85. The van der Waals surface area contributed by atoms with Gasteiger partial charge in [-0.3, -0.25) is 13.9 Å². The second-order valence-electron chi connectivity index (χ2n) is 14.9. The molecule has 1 amide bonds. The average Bonchev–Trinajstić information content (AvgIpc) is 3.61. The lowest BCUT2D eigenvalue weighted by Crippen LogP contribution is -2.37. The number of unbranched alkanes of at least 4 members (excludes halogenated alkanes) is 2. The van der Waals surface area contributed by atoms with Gasteiger partial charge in [0, 0.05) is 59.6 Å². The minimum Gasteiger partial charge on any atom is -0.492 e.